The number of nitrogens with one attached hydrogen (secondary N) is 2. The van der Waals surface area contributed by atoms with Gasteiger partial charge in [-0.1, -0.05) is 11.6 Å². The number of rotatable bonds is 8. The first-order valence-electron chi connectivity index (χ1n) is 9.72. The summed E-state index contributed by atoms with van der Waals surface area (Å²) in [6, 6.07) is 6.04. The molecule has 2 aliphatic rings. The van der Waals surface area contributed by atoms with Crippen molar-refractivity contribution >= 4 is 15.9 Å². The standard InChI is InChI=1S/C20H28N2O4S/c23-20(21-15-18-7-4-14-26-18)17-8-10-19(11-9-17)27(24,25)22-13-12-16-5-2-1-3-6-16/h5,8-11,18,22H,1-4,6-7,12-15H2,(H,21,23). The Bertz CT molecular complexity index is 766. The molecule has 27 heavy (non-hydrogen) atoms. The molecule has 0 saturated carbocycles. The molecule has 1 atom stereocenters. The van der Waals surface area contributed by atoms with Crippen LogP contribution in [0.5, 0.6) is 0 Å². The Hall–Kier alpha value is -1.70. The first kappa shape index (κ1) is 20.0. The zero-order chi connectivity index (χ0) is 19.1. The third-order valence-corrected chi connectivity index (χ3v) is 6.54. The summed E-state index contributed by atoms with van der Waals surface area (Å²) in [5, 5.41) is 2.83. The second kappa shape index (κ2) is 9.48. The fourth-order valence-electron chi connectivity index (χ4n) is 3.46. The largest absolute Gasteiger partial charge is 0.376 e. The van der Waals surface area contributed by atoms with Crippen LogP contribution in [0.2, 0.25) is 0 Å². The van der Waals surface area contributed by atoms with Gasteiger partial charge in [-0.15, -0.1) is 0 Å². The Morgan fingerprint density at radius 1 is 1.15 bits per heavy atom. The van der Waals surface area contributed by atoms with Crippen molar-refractivity contribution in [2.75, 3.05) is 19.7 Å². The summed E-state index contributed by atoms with van der Waals surface area (Å²) in [5.41, 5.74) is 1.78. The average molecular weight is 393 g/mol. The lowest BCUT2D eigenvalue weighted by Crippen LogP contribution is -2.31. The van der Waals surface area contributed by atoms with Crippen molar-refractivity contribution in [2.24, 2.45) is 0 Å². The lowest BCUT2D eigenvalue weighted by Gasteiger charge is -2.13. The molecular formula is C20H28N2O4S. The van der Waals surface area contributed by atoms with E-state index in [0.29, 0.717) is 18.7 Å². The van der Waals surface area contributed by atoms with Gasteiger partial charge in [0.05, 0.1) is 11.0 Å². The van der Waals surface area contributed by atoms with Crippen molar-refractivity contribution in [3.8, 4) is 0 Å². The van der Waals surface area contributed by atoms with Crippen molar-refractivity contribution in [2.45, 2.75) is 55.9 Å². The molecule has 6 nitrogen and oxygen atoms in total. The van der Waals surface area contributed by atoms with Gasteiger partial charge in [0.1, 0.15) is 0 Å². The fourth-order valence-corrected chi connectivity index (χ4v) is 4.49. The zero-order valence-corrected chi connectivity index (χ0v) is 16.4. The van der Waals surface area contributed by atoms with E-state index in [-0.39, 0.29) is 16.9 Å². The number of allylic oxidation sites excluding steroid dienone is 1. The maximum Gasteiger partial charge on any atom is 0.251 e. The number of hydrogen-bond acceptors (Lipinski definition) is 4. The van der Waals surface area contributed by atoms with E-state index >= 15 is 0 Å². The number of hydrogen-bond donors (Lipinski definition) is 2. The first-order valence-corrected chi connectivity index (χ1v) is 11.2. The highest BCUT2D eigenvalue weighted by atomic mass is 32.2. The molecule has 0 spiro atoms. The van der Waals surface area contributed by atoms with Gasteiger partial charge >= 0.3 is 0 Å². The van der Waals surface area contributed by atoms with Gasteiger partial charge in [-0.25, -0.2) is 13.1 Å². The van der Waals surface area contributed by atoms with Crippen molar-refractivity contribution < 1.29 is 17.9 Å². The zero-order valence-electron chi connectivity index (χ0n) is 15.6. The number of ether oxygens (including phenoxy) is 1. The third-order valence-electron chi connectivity index (χ3n) is 5.06. The maximum atomic E-state index is 12.4. The Kier molecular flexibility index (Phi) is 7.04. The smallest absolute Gasteiger partial charge is 0.251 e. The van der Waals surface area contributed by atoms with E-state index in [4.69, 9.17) is 4.74 Å². The van der Waals surface area contributed by atoms with Crippen LogP contribution in [-0.2, 0) is 14.8 Å². The van der Waals surface area contributed by atoms with E-state index < -0.39 is 10.0 Å². The molecule has 1 amide bonds. The molecule has 1 aliphatic heterocycles. The summed E-state index contributed by atoms with van der Waals surface area (Å²) in [6.45, 7) is 1.63. The second-order valence-electron chi connectivity index (χ2n) is 7.13. The molecule has 148 valence electrons. The number of amides is 1. The van der Waals surface area contributed by atoms with Crippen molar-refractivity contribution in [1.29, 1.82) is 0 Å². The summed E-state index contributed by atoms with van der Waals surface area (Å²) in [6.07, 6.45) is 9.62. The predicted molar refractivity (Wildman–Crippen MR) is 104 cm³/mol. The number of sulfonamides is 1. The Morgan fingerprint density at radius 2 is 1.96 bits per heavy atom. The lowest BCUT2D eigenvalue weighted by atomic mass is 9.97. The van der Waals surface area contributed by atoms with Crippen LogP contribution in [0, 0.1) is 0 Å². The lowest BCUT2D eigenvalue weighted by molar-refractivity contribution is 0.0857. The molecule has 1 heterocycles. The quantitative estimate of drug-likeness (QED) is 0.666. The summed E-state index contributed by atoms with van der Waals surface area (Å²) < 4.78 is 32.9. The van der Waals surface area contributed by atoms with E-state index in [0.717, 1.165) is 38.7 Å². The van der Waals surface area contributed by atoms with Crippen LogP contribution in [0.1, 0.15) is 55.3 Å². The molecule has 1 saturated heterocycles. The van der Waals surface area contributed by atoms with Crippen LogP contribution >= 0.6 is 0 Å². The molecule has 1 aromatic rings. The number of carbonyl (C=O) groups is 1. The highest BCUT2D eigenvalue weighted by molar-refractivity contribution is 7.89. The molecule has 1 unspecified atom stereocenters. The average Bonchev–Trinajstić information content (AvgIpc) is 3.20. The molecule has 1 aliphatic carbocycles. The normalized spacial score (nSPS) is 20.3. The molecule has 7 heteroatoms. The molecule has 0 radical (unpaired) electrons. The van der Waals surface area contributed by atoms with Crippen LogP contribution in [0.3, 0.4) is 0 Å². The van der Waals surface area contributed by atoms with Gasteiger partial charge in [-0.05, 0) is 69.2 Å². The Morgan fingerprint density at radius 3 is 2.63 bits per heavy atom. The topological polar surface area (TPSA) is 84.5 Å². The van der Waals surface area contributed by atoms with E-state index in [1.165, 1.54) is 30.5 Å². The third kappa shape index (κ3) is 5.89. The number of carbonyl (C=O) groups excluding carboxylic acids is 1. The van der Waals surface area contributed by atoms with Gasteiger partial charge in [-0.2, -0.15) is 0 Å². The first-order chi connectivity index (χ1) is 13.0. The van der Waals surface area contributed by atoms with Gasteiger partial charge in [0.2, 0.25) is 10.0 Å². The summed E-state index contributed by atoms with van der Waals surface area (Å²) in [4.78, 5) is 12.3. The molecule has 1 aromatic carbocycles. The van der Waals surface area contributed by atoms with Gasteiger partial charge in [0.25, 0.3) is 5.91 Å². The van der Waals surface area contributed by atoms with Crippen LogP contribution in [-0.4, -0.2) is 40.1 Å². The molecule has 2 N–H and O–H groups in total. The van der Waals surface area contributed by atoms with Gasteiger partial charge in [0, 0.05) is 25.3 Å². The second-order valence-corrected chi connectivity index (χ2v) is 8.89. The predicted octanol–water partition coefficient (Wildman–Crippen LogP) is 2.76. The van der Waals surface area contributed by atoms with Gasteiger partial charge in [0.15, 0.2) is 0 Å². The summed E-state index contributed by atoms with van der Waals surface area (Å²) in [5.74, 6) is -0.216. The minimum absolute atomic E-state index is 0.0806. The Labute approximate surface area is 161 Å². The van der Waals surface area contributed by atoms with E-state index in [2.05, 4.69) is 16.1 Å². The highest BCUT2D eigenvalue weighted by Gasteiger charge is 2.18. The van der Waals surface area contributed by atoms with Crippen LogP contribution < -0.4 is 10.0 Å². The van der Waals surface area contributed by atoms with Gasteiger partial charge in [-0.3, -0.25) is 4.79 Å². The van der Waals surface area contributed by atoms with Crippen LogP contribution in [0.4, 0.5) is 0 Å². The maximum absolute atomic E-state index is 12.4. The Balaban J connectivity index is 1.50. The van der Waals surface area contributed by atoms with E-state index in [9.17, 15) is 13.2 Å². The van der Waals surface area contributed by atoms with Gasteiger partial charge < -0.3 is 10.1 Å². The molecular weight excluding hydrogens is 364 g/mol. The van der Waals surface area contributed by atoms with Crippen LogP contribution in [0.15, 0.2) is 40.8 Å². The summed E-state index contributed by atoms with van der Waals surface area (Å²) >= 11 is 0. The number of benzene rings is 1. The molecule has 3 rings (SSSR count). The van der Waals surface area contributed by atoms with Crippen molar-refractivity contribution in [3.05, 3.63) is 41.5 Å². The minimum atomic E-state index is -3.56. The monoisotopic (exact) mass is 392 g/mol. The van der Waals surface area contributed by atoms with Crippen molar-refractivity contribution in [3.63, 3.8) is 0 Å². The van der Waals surface area contributed by atoms with Crippen LogP contribution in [0.25, 0.3) is 0 Å². The molecule has 0 bridgehead atoms. The SMILES string of the molecule is O=C(NCC1CCCO1)c1ccc(S(=O)(=O)NCCC2=CCCCC2)cc1. The van der Waals surface area contributed by atoms with E-state index in [1.807, 2.05) is 0 Å². The molecule has 1 fully saturated rings. The fraction of sp³-hybridized carbons (Fsp3) is 0.550. The molecule has 0 aromatic heterocycles. The highest BCUT2D eigenvalue weighted by Crippen LogP contribution is 2.20. The minimum Gasteiger partial charge on any atom is -0.376 e. The summed E-state index contributed by atoms with van der Waals surface area (Å²) in [7, 11) is -3.56. The van der Waals surface area contributed by atoms with E-state index in [1.54, 1.807) is 12.1 Å². The van der Waals surface area contributed by atoms with Crippen molar-refractivity contribution in [1.82, 2.24) is 10.0 Å².